The molecule has 0 unspecified atom stereocenters. The van der Waals surface area contributed by atoms with Gasteiger partial charge in [0.25, 0.3) is 11.4 Å². The fourth-order valence-electron chi connectivity index (χ4n) is 1.23. The Morgan fingerprint density at radius 2 is 1.24 bits per heavy atom. The van der Waals surface area contributed by atoms with Crippen LogP contribution in [0, 0.1) is 0 Å². The van der Waals surface area contributed by atoms with E-state index >= 15 is 0 Å². The van der Waals surface area contributed by atoms with E-state index in [0.717, 1.165) is 6.92 Å². The molecule has 0 heterocycles. The first kappa shape index (κ1) is 14.7. The Labute approximate surface area is 94.8 Å². The molecule has 0 amide bonds. The third-order valence-corrected chi connectivity index (χ3v) is 1.83. The summed E-state index contributed by atoms with van der Waals surface area (Å²) in [5.41, 5.74) is -2.29. The van der Waals surface area contributed by atoms with Crippen LogP contribution in [0.4, 0.5) is 0 Å². The third-order valence-electron chi connectivity index (χ3n) is 1.83. The first-order valence-corrected chi connectivity index (χ1v) is 4.37. The van der Waals surface area contributed by atoms with Crippen molar-refractivity contribution in [1.82, 2.24) is 0 Å². The summed E-state index contributed by atoms with van der Waals surface area (Å²) in [6.45, 7) is 1.08. The normalized spacial score (nSPS) is 9.00. The number of aliphatic carboxylic acids is 1. The molecule has 0 saturated carbocycles. The lowest BCUT2D eigenvalue weighted by Gasteiger charge is -1.81. The van der Waals surface area contributed by atoms with E-state index in [2.05, 4.69) is 0 Å². The zero-order valence-electron chi connectivity index (χ0n) is 8.89. The van der Waals surface area contributed by atoms with E-state index in [0.29, 0.717) is 0 Å². The molecule has 6 heteroatoms. The van der Waals surface area contributed by atoms with E-state index in [4.69, 9.17) is 9.90 Å². The van der Waals surface area contributed by atoms with Gasteiger partial charge in [0.15, 0.2) is 0 Å². The van der Waals surface area contributed by atoms with Gasteiger partial charge in [-0.1, -0.05) is 24.3 Å². The van der Waals surface area contributed by atoms with E-state index in [-0.39, 0.29) is 16.2 Å². The van der Waals surface area contributed by atoms with Gasteiger partial charge in [0.05, 0.1) is 0 Å². The van der Waals surface area contributed by atoms with Gasteiger partial charge >= 0.3 is 0 Å². The first-order valence-electron chi connectivity index (χ1n) is 4.37. The maximum absolute atomic E-state index is 11.0. The molecule has 0 bridgehead atoms. The van der Waals surface area contributed by atoms with Crippen molar-refractivity contribution in [2.75, 3.05) is 0 Å². The molecule has 17 heavy (non-hydrogen) atoms. The number of carbonyl (C=O) groups is 1. The molecule has 2 rings (SSSR count). The fourth-order valence-corrected chi connectivity index (χ4v) is 1.23. The summed E-state index contributed by atoms with van der Waals surface area (Å²) in [7, 11) is 0. The molecule has 0 saturated heterocycles. The molecule has 0 spiro atoms. The summed E-state index contributed by atoms with van der Waals surface area (Å²) < 4.78 is 0. The first-order chi connectivity index (χ1) is 7.45. The van der Waals surface area contributed by atoms with Crippen LogP contribution in [-0.4, -0.2) is 16.6 Å². The molecule has 0 aromatic heterocycles. The van der Waals surface area contributed by atoms with Crippen molar-refractivity contribution in [3.05, 3.63) is 54.9 Å². The Kier molecular flexibility index (Phi) is 4.88. The molecule has 0 aliphatic heterocycles. The van der Waals surface area contributed by atoms with Gasteiger partial charge in [-0.2, -0.15) is 0 Å². The summed E-state index contributed by atoms with van der Waals surface area (Å²) in [5.74, 6) is -0.833. The van der Waals surface area contributed by atoms with Crippen LogP contribution in [0.2, 0.25) is 0 Å². The predicted molar refractivity (Wildman–Crippen MR) is 62.1 cm³/mol. The van der Waals surface area contributed by atoms with E-state index < -0.39 is 22.3 Å². The summed E-state index contributed by atoms with van der Waals surface area (Å²) >= 11 is 0. The van der Waals surface area contributed by atoms with Gasteiger partial charge in [0.1, 0.15) is 0 Å². The number of hydrogen-bond acceptors (Lipinski definition) is 4. The Morgan fingerprint density at radius 3 is 1.53 bits per heavy atom. The van der Waals surface area contributed by atoms with Crippen LogP contribution in [0.15, 0.2) is 38.6 Å². The van der Waals surface area contributed by atoms with Crippen LogP contribution in [-0.2, 0) is 4.79 Å². The Balaban J connectivity index is 0.000000453. The monoisotopic (exact) mass is 238 g/mol. The highest BCUT2D eigenvalue weighted by Gasteiger charge is 2.09. The van der Waals surface area contributed by atoms with Crippen molar-refractivity contribution in [2.24, 2.45) is 0 Å². The number of carboxylic acids is 1. The van der Waals surface area contributed by atoms with Crippen molar-refractivity contribution >= 4 is 16.7 Å². The average Bonchev–Trinajstić information content (AvgIpc) is 2.44. The SMILES string of the molecule is CC(=O)O.O.O=c1c(=O)c2ccccc2c1=O. The molecular formula is C11H10O6. The molecule has 2 aromatic carbocycles. The Hall–Kier alpha value is -2.34. The molecule has 0 atom stereocenters. The molecule has 3 N–H and O–H groups in total. The van der Waals surface area contributed by atoms with Crippen LogP contribution in [0.3, 0.4) is 0 Å². The second kappa shape index (κ2) is 5.66. The van der Waals surface area contributed by atoms with Crippen molar-refractivity contribution < 1.29 is 15.4 Å². The fraction of sp³-hybridized carbons (Fsp3) is 0.0909. The van der Waals surface area contributed by atoms with Gasteiger partial charge in [0.2, 0.25) is 10.9 Å². The standard InChI is InChI=1S/C9H4O3.C2H4O2.H2O/c10-7-5-3-1-2-4-6(5)8(11)9(7)12;1-2(3)4;/h1-4H;1H3,(H,3,4);1H2. The molecule has 0 radical (unpaired) electrons. The molecular weight excluding hydrogens is 228 g/mol. The van der Waals surface area contributed by atoms with E-state index in [9.17, 15) is 14.4 Å². The Morgan fingerprint density at radius 1 is 0.941 bits per heavy atom. The summed E-state index contributed by atoms with van der Waals surface area (Å²) in [6.07, 6.45) is 0. The average molecular weight is 238 g/mol. The number of hydrogen-bond donors (Lipinski definition) is 1. The lowest BCUT2D eigenvalue weighted by molar-refractivity contribution is -0.134. The minimum Gasteiger partial charge on any atom is -0.481 e. The zero-order valence-corrected chi connectivity index (χ0v) is 8.89. The lowest BCUT2D eigenvalue weighted by atomic mass is 10.2. The van der Waals surface area contributed by atoms with E-state index in [1.807, 2.05) is 0 Å². The minimum atomic E-state index is -0.920. The second-order valence-electron chi connectivity index (χ2n) is 3.05. The highest BCUT2D eigenvalue weighted by molar-refractivity contribution is 5.83. The van der Waals surface area contributed by atoms with Crippen molar-refractivity contribution in [3.63, 3.8) is 0 Å². The van der Waals surface area contributed by atoms with Gasteiger partial charge in [-0.15, -0.1) is 0 Å². The number of fused-ring (bicyclic) bond motifs is 1. The lowest BCUT2D eigenvalue weighted by Crippen LogP contribution is -2.29. The maximum atomic E-state index is 11.0. The molecule has 0 fully saturated rings. The van der Waals surface area contributed by atoms with Crippen LogP contribution >= 0.6 is 0 Å². The second-order valence-corrected chi connectivity index (χ2v) is 3.05. The molecule has 0 aliphatic carbocycles. The highest BCUT2D eigenvalue weighted by Crippen LogP contribution is 2.01. The molecule has 2 aromatic rings. The summed E-state index contributed by atoms with van der Waals surface area (Å²) in [6, 6.07) is 6.23. The number of benzene rings is 1. The maximum Gasteiger partial charge on any atom is 0.300 e. The van der Waals surface area contributed by atoms with Crippen LogP contribution in [0.5, 0.6) is 0 Å². The number of rotatable bonds is 0. The molecule has 0 aliphatic rings. The van der Waals surface area contributed by atoms with Gasteiger partial charge in [-0.25, -0.2) is 0 Å². The number of carboxylic acid groups (broad SMARTS) is 1. The van der Waals surface area contributed by atoms with Crippen LogP contribution < -0.4 is 16.3 Å². The van der Waals surface area contributed by atoms with Gasteiger partial charge in [-0.05, 0) is 0 Å². The largest absolute Gasteiger partial charge is 0.481 e. The van der Waals surface area contributed by atoms with Gasteiger partial charge < -0.3 is 10.6 Å². The third kappa shape index (κ3) is 3.05. The van der Waals surface area contributed by atoms with Crippen molar-refractivity contribution in [1.29, 1.82) is 0 Å². The molecule has 90 valence electrons. The van der Waals surface area contributed by atoms with Crippen molar-refractivity contribution in [3.8, 4) is 0 Å². The molecule has 6 nitrogen and oxygen atoms in total. The summed E-state index contributed by atoms with van der Waals surface area (Å²) in [5, 5.41) is 7.88. The van der Waals surface area contributed by atoms with E-state index in [1.54, 1.807) is 12.1 Å². The Bertz CT molecular complexity index is 609. The van der Waals surface area contributed by atoms with Gasteiger partial charge in [0, 0.05) is 17.7 Å². The predicted octanol–water partition coefficient (Wildman–Crippen LogP) is -0.938. The van der Waals surface area contributed by atoms with E-state index in [1.165, 1.54) is 12.1 Å². The minimum absolute atomic E-state index is 0. The summed E-state index contributed by atoms with van der Waals surface area (Å²) in [4.78, 5) is 41.9. The smallest absolute Gasteiger partial charge is 0.300 e. The zero-order chi connectivity index (χ0) is 12.3. The highest BCUT2D eigenvalue weighted by atomic mass is 16.4. The van der Waals surface area contributed by atoms with Crippen LogP contribution in [0.1, 0.15) is 6.92 Å². The quantitative estimate of drug-likeness (QED) is 0.594. The topological polar surface area (TPSA) is 120 Å². The van der Waals surface area contributed by atoms with Crippen molar-refractivity contribution in [2.45, 2.75) is 6.92 Å². The van der Waals surface area contributed by atoms with Gasteiger partial charge in [-0.3, -0.25) is 19.2 Å². The van der Waals surface area contributed by atoms with Crippen LogP contribution in [0.25, 0.3) is 10.8 Å².